The lowest BCUT2D eigenvalue weighted by Gasteiger charge is -2.37. The van der Waals surface area contributed by atoms with Gasteiger partial charge in [-0.1, -0.05) is 0 Å². The van der Waals surface area contributed by atoms with Gasteiger partial charge in [0.15, 0.2) is 0 Å². The first-order valence-electron chi connectivity index (χ1n) is 6.27. The Morgan fingerprint density at radius 1 is 1.10 bits per heavy atom. The van der Waals surface area contributed by atoms with Gasteiger partial charge < -0.3 is 4.90 Å². The molecule has 2 nitrogen and oxygen atoms in total. The standard InChI is InChI=1S/C13H15ClF4N2/c14-8-10-7-11(15)1-2-12(10)20-5-3-19(4-6-20)9-13(16,17)18/h1-2,7H,3-6,8-9H2. The molecule has 1 aliphatic heterocycles. The Bertz CT molecular complexity index is 456. The van der Waals surface area contributed by atoms with Gasteiger partial charge >= 0.3 is 6.18 Å². The molecule has 0 unspecified atom stereocenters. The second kappa shape index (κ2) is 6.18. The Morgan fingerprint density at radius 3 is 2.30 bits per heavy atom. The molecule has 1 aliphatic rings. The van der Waals surface area contributed by atoms with Crippen LogP contribution in [0, 0.1) is 5.82 Å². The maximum atomic E-state index is 13.1. The third kappa shape index (κ3) is 3.99. The molecule has 0 atom stereocenters. The fourth-order valence-electron chi connectivity index (χ4n) is 2.37. The van der Waals surface area contributed by atoms with Crippen molar-refractivity contribution in [3.05, 3.63) is 29.6 Å². The molecule has 0 amide bonds. The fourth-order valence-corrected chi connectivity index (χ4v) is 2.58. The number of nitrogens with zero attached hydrogens (tertiary/aromatic N) is 2. The highest BCUT2D eigenvalue weighted by Crippen LogP contribution is 2.25. The summed E-state index contributed by atoms with van der Waals surface area (Å²) < 4.78 is 50.1. The van der Waals surface area contributed by atoms with Crippen LogP contribution in [0.1, 0.15) is 5.56 Å². The number of rotatable bonds is 3. The first-order valence-corrected chi connectivity index (χ1v) is 6.81. The average molecular weight is 311 g/mol. The molecule has 0 saturated carbocycles. The SMILES string of the molecule is Fc1ccc(N2CCN(CC(F)(F)F)CC2)c(CCl)c1. The van der Waals surface area contributed by atoms with Gasteiger partial charge in [0.25, 0.3) is 0 Å². The third-order valence-electron chi connectivity index (χ3n) is 3.30. The second-order valence-corrected chi connectivity index (χ2v) is 5.05. The number of alkyl halides is 4. The van der Waals surface area contributed by atoms with Crippen molar-refractivity contribution in [2.45, 2.75) is 12.1 Å². The number of piperazine rings is 1. The van der Waals surface area contributed by atoms with Crippen LogP contribution >= 0.6 is 11.6 Å². The van der Waals surface area contributed by atoms with E-state index < -0.39 is 12.7 Å². The normalized spacial score (nSPS) is 17.6. The van der Waals surface area contributed by atoms with Gasteiger partial charge in [-0.05, 0) is 23.8 Å². The highest BCUT2D eigenvalue weighted by molar-refractivity contribution is 6.17. The minimum Gasteiger partial charge on any atom is -0.369 e. The zero-order valence-electron chi connectivity index (χ0n) is 10.8. The van der Waals surface area contributed by atoms with Gasteiger partial charge in [0.2, 0.25) is 0 Å². The van der Waals surface area contributed by atoms with Crippen molar-refractivity contribution >= 4 is 17.3 Å². The van der Waals surface area contributed by atoms with E-state index in [-0.39, 0.29) is 11.7 Å². The molecule has 0 radical (unpaired) electrons. The predicted molar refractivity (Wildman–Crippen MR) is 70.7 cm³/mol. The summed E-state index contributed by atoms with van der Waals surface area (Å²) in [6, 6.07) is 4.34. The summed E-state index contributed by atoms with van der Waals surface area (Å²) in [5.41, 5.74) is 1.46. The number of anilines is 1. The topological polar surface area (TPSA) is 6.48 Å². The summed E-state index contributed by atoms with van der Waals surface area (Å²) in [7, 11) is 0. The first-order chi connectivity index (χ1) is 9.39. The van der Waals surface area contributed by atoms with Crippen LogP contribution in [0.2, 0.25) is 0 Å². The van der Waals surface area contributed by atoms with Gasteiger partial charge in [-0.25, -0.2) is 4.39 Å². The van der Waals surface area contributed by atoms with Crippen molar-refractivity contribution in [2.24, 2.45) is 0 Å². The first kappa shape index (κ1) is 15.4. The van der Waals surface area contributed by atoms with Crippen molar-refractivity contribution < 1.29 is 17.6 Å². The van der Waals surface area contributed by atoms with Crippen molar-refractivity contribution in [3.63, 3.8) is 0 Å². The van der Waals surface area contributed by atoms with Gasteiger partial charge in [-0.2, -0.15) is 13.2 Å². The molecule has 1 saturated heterocycles. The van der Waals surface area contributed by atoms with Crippen molar-refractivity contribution in [1.29, 1.82) is 0 Å². The molecule has 1 heterocycles. The molecule has 0 aliphatic carbocycles. The number of halogens is 5. The van der Waals surface area contributed by atoms with E-state index in [0.29, 0.717) is 31.7 Å². The van der Waals surface area contributed by atoms with E-state index in [1.165, 1.54) is 17.0 Å². The molecule has 1 aromatic rings. The molecule has 0 N–H and O–H groups in total. The average Bonchev–Trinajstić information content (AvgIpc) is 2.38. The minimum absolute atomic E-state index is 0.176. The third-order valence-corrected chi connectivity index (χ3v) is 3.59. The number of benzene rings is 1. The predicted octanol–water partition coefficient (Wildman–Crippen LogP) is 3.25. The molecule has 0 bridgehead atoms. The Labute approximate surface area is 119 Å². The lowest BCUT2D eigenvalue weighted by molar-refractivity contribution is -0.146. The van der Waals surface area contributed by atoms with Crippen molar-refractivity contribution in [3.8, 4) is 0 Å². The Morgan fingerprint density at radius 2 is 1.75 bits per heavy atom. The van der Waals surface area contributed by atoms with Crippen LogP contribution in [0.15, 0.2) is 18.2 Å². The Balaban J connectivity index is 2.00. The van der Waals surface area contributed by atoms with Gasteiger partial charge in [0, 0.05) is 37.7 Å². The lowest BCUT2D eigenvalue weighted by Crippen LogP contribution is -2.49. The highest BCUT2D eigenvalue weighted by Gasteiger charge is 2.32. The van der Waals surface area contributed by atoms with E-state index >= 15 is 0 Å². The van der Waals surface area contributed by atoms with E-state index in [9.17, 15) is 17.6 Å². The van der Waals surface area contributed by atoms with E-state index in [2.05, 4.69) is 0 Å². The van der Waals surface area contributed by atoms with Crippen LogP contribution in [0.3, 0.4) is 0 Å². The summed E-state index contributed by atoms with van der Waals surface area (Å²) in [4.78, 5) is 3.32. The quantitative estimate of drug-likeness (QED) is 0.624. The molecular weight excluding hydrogens is 296 g/mol. The van der Waals surface area contributed by atoms with Gasteiger partial charge in [0.1, 0.15) is 5.82 Å². The maximum absolute atomic E-state index is 13.1. The van der Waals surface area contributed by atoms with Crippen LogP contribution in [0.5, 0.6) is 0 Å². The van der Waals surface area contributed by atoms with Crippen LogP contribution in [-0.2, 0) is 5.88 Å². The number of hydrogen-bond donors (Lipinski definition) is 0. The summed E-state index contributed by atoms with van der Waals surface area (Å²) in [5, 5.41) is 0. The van der Waals surface area contributed by atoms with Crippen LogP contribution in [-0.4, -0.2) is 43.8 Å². The van der Waals surface area contributed by atoms with E-state index in [4.69, 9.17) is 11.6 Å². The molecule has 2 rings (SSSR count). The molecule has 112 valence electrons. The zero-order valence-corrected chi connectivity index (χ0v) is 11.5. The smallest absolute Gasteiger partial charge is 0.369 e. The molecular formula is C13H15ClF4N2. The highest BCUT2D eigenvalue weighted by atomic mass is 35.5. The summed E-state index contributed by atoms with van der Waals surface area (Å²) >= 11 is 5.79. The van der Waals surface area contributed by atoms with Crippen molar-refractivity contribution in [1.82, 2.24) is 4.90 Å². The molecule has 20 heavy (non-hydrogen) atoms. The largest absolute Gasteiger partial charge is 0.401 e. The monoisotopic (exact) mass is 310 g/mol. The van der Waals surface area contributed by atoms with Gasteiger partial charge in [-0.15, -0.1) is 11.6 Å². The molecule has 0 spiro atoms. The van der Waals surface area contributed by atoms with Crippen molar-refractivity contribution in [2.75, 3.05) is 37.6 Å². The van der Waals surface area contributed by atoms with E-state index in [0.717, 1.165) is 5.69 Å². The molecule has 1 aromatic carbocycles. The van der Waals surface area contributed by atoms with Crippen LogP contribution in [0.25, 0.3) is 0 Å². The molecule has 0 aromatic heterocycles. The fraction of sp³-hybridized carbons (Fsp3) is 0.538. The van der Waals surface area contributed by atoms with Gasteiger partial charge in [-0.3, -0.25) is 4.90 Å². The number of hydrogen-bond acceptors (Lipinski definition) is 2. The Kier molecular flexibility index (Phi) is 4.75. The van der Waals surface area contributed by atoms with E-state index in [1.807, 2.05) is 4.90 Å². The molecule has 7 heteroatoms. The van der Waals surface area contributed by atoms with Crippen LogP contribution < -0.4 is 4.90 Å². The minimum atomic E-state index is -4.17. The lowest BCUT2D eigenvalue weighted by atomic mass is 10.1. The maximum Gasteiger partial charge on any atom is 0.401 e. The second-order valence-electron chi connectivity index (χ2n) is 4.79. The zero-order chi connectivity index (χ0) is 14.8. The molecule has 1 fully saturated rings. The summed E-state index contributed by atoms with van der Waals surface area (Å²) in [5.74, 6) is -0.185. The van der Waals surface area contributed by atoms with E-state index in [1.54, 1.807) is 6.07 Å². The summed E-state index contributed by atoms with van der Waals surface area (Å²) in [6.07, 6.45) is -4.17. The van der Waals surface area contributed by atoms with Crippen LogP contribution in [0.4, 0.5) is 23.2 Å². The Hall–Kier alpha value is -1.01. The van der Waals surface area contributed by atoms with Gasteiger partial charge in [0.05, 0.1) is 6.54 Å². The summed E-state index contributed by atoms with van der Waals surface area (Å²) in [6.45, 7) is 0.737.